The molecule has 0 unspecified atom stereocenters. The van der Waals surface area contributed by atoms with E-state index in [1.54, 1.807) is 0 Å². The van der Waals surface area contributed by atoms with Gasteiger partial charge >= 0.3 is 0 Å². The highest BCUT2D eigenvalue weighted by molar-refractivity contribution is 5.13. The summed E-state index contributed by atoms with van der Waals surface area (Å²) in [4.78, 5) is 0. The third-order valence-electron chi connectivity index (χ3n) is 2.30. The summed E-state index contributed by atoms with van der Waals surface area (Å²) in [6.07, 6.45) is 14.3. The predicted molar refractivity (Wildman–Crippen MR) is 54.0 cm³/mol. The second-order valence-corrected chi connectivity index (χ2v) is 3.39. The summed E-state index contributed by atoms with van der Waals surface area (Å²) in [7, 11) is 0. The largest absolute Gasteiger partial charge is 0.330 e. The van der Waals surface area contributed by atoms with E-state index in [2.05, 4.69) is 18.2 Å². The second kappa shape index (κ2) is 6.01. The first-order valence-electron chi connectivity index (χ1n) is 4.98. The van der Waals surface area contributed by atoms with Crippen molar-refractivity contribution in [3.63, 3.8) is 0 Å². The van der Waals surface area contributed by atoms with Gasteiger partial charge in [-0.1, -0.05) is 30.2 Å². The van der Waals surface area contributed by atoms with Crippen molar-refractivity contribution in [3.05, 3.63) is 23.8 Å². The van der Waals surface area contributed by atoms with Gasteiger partial charge in [0, 0.05) is 0 Å². The van der Waals surface area contributed by atoms with Crippen molar-refractivity contribution in [1.82, 2.24) is 0 Å². The maximum absolute atomic E-state index is 5.52. The minimum Gasteiger partial charge on any atom is -0.330 e. The lowest BCUT2D eigenvalue weighted by atomic mass is 10.0. The molecular weight excluding hydrogens is 146 g/mol. The molecule has 0 amide bonds. The Balaban J connectivity index is 2.43. The lowest BCUT2D eigenvalue weighted by Gasteiger charge is -2.03. The van der Waals surface area contributed by atoms with E-state index in [1.807, 2.05) is 0 Å². The summed E-state index contributed by atoms with van der Waals surface area (Å²) in [5.41, 5.74) is 7.05. The van der Waals surface area contributed by atoms with Gasteiger partial charge in [-0.2, -0.15) is 0 Å². The van der Waals surface area contributed by atoms with Gasteiger partial charge < -0.3 is 5.73 Å². The summed E-state index contributed by atoms with van der Waals surface area (Å²) >= 11 is 0. The Morgan fingerprint density at radius 1 is 1.25 bits per heavy atom. The summed E-state index contributed by atoms with van der Waals surface area (Å²) in [5, 5.41) is 0. The Hall–Kier alpha value is -0.560. The molecule has 0 fully saturated rings. The Labute approximate surface area is 75.3 Å². The molecule has 0 aromatic heterocycles. The van der Waals surface area contributed by atoms with Crippen molar-refractivity contribution in [2.45, 2.75) is 38.5 Å². The topological polar surface area (TPSA) is 26.0 Å². The van der Waals surface area contributed by atoms with Gasteiger partial charge in [0.1, 0.15) is 0 Å². The van der Waals surface area contributed by atoms with Crippen molar-refractivity contribution in [2.75, 3.05) is 6.54 Å². The van der Waals surface area contributed by atoms with Crippen molar-refractivity contribution < 1.29 is 0 Å². The quantitative estimate of drug-likeness (QED) is 0.669. The van der Waals surface area contributed by atoms with Crippen LogP contribution in [0.4, 0.5) is 0 Å². The Morgan fingerprint density at radius 2 is 2.17 bits per heavy atom. The predicted octanol–water partition coefficient (Wildman–Crippen LogP) is 2.78. The van der Waals surface area contributed by atoms with Crippen LogP contribution in [0, 0.1) is 0 Å². The molecule has 1 nitrogen and oxygen atoms in total. The van der Waals surface area contributed by atoms with E-state index >= 15 is 0 Å². The van der Waals surface area contributed by atoms with E-state index in [0.717, 1.165) is 13.0 Å². The highest BCUT2D eigenvalue weighted by Crippen LogP contribution is 2.15. The molecule has 2 N–H and O–H groups in total. The summed E-state index contributed by atoms with van der Waals surface area (Å²) < 4.78 is 0. The second-order valence-electron chi connectivity index (χ2n) is 3.39. The molecule has 0 aromatic carbocycles. The molecule has 0 aliphatic heterocycles. The molecule has 1 rings (SSSR count). The maximum atomic E-state index is 5.52. The van der Waals surface area contributed by atoms with Crippen LogP contribution >= 0.6 is 0 Å². The molecule has 0 radical (unpaired) electrons. The van der Waals surface area contributed by atoms with Gasteiger partial charge in [-0.05, 0) is 38.6 Å². The minimum absolute atomic E-state index is 0.791. The zero-order valence-electron chi connectivity index (χ0n) is 7.76. The van der Waals surface area contributed by atoms with Crippen LogP contribution in [0.1, 0.15) is 38.5 Å². The average Bonchev–Trinajstić information content (AvgIpc) is 2.19. The number of allylic oxidation sites excluding steroid dienone is 3. The van der Waals surface area contributed by atoms with Crippen molar-refractivity contribution in [1.29, 1.82) is 0 Å². The van der Waals surface area contributed by atoms with Crippen LogP contribution in [-0.2, 0) is 0 Å². The molecule has 0 aromatic rings. The SMILES string of the molecule is NCCC1=CC=CCCCCC1. The Bertz CT molecular complexity index is 168. The molecule has 1 aliphatic rings. The first-order chi connectivity index (χ1) is 5.93. The highest BCUT2D eigenvalue weighted by atomic mass is 14.5. The van der Waals surface area contributed by atoms with Crippen LogP contribution in [0.25, 0.3) is 0 Å². The zero-order valence-corrected chi connectivity index (χ0v) is 7.76. The zero-order chi connectivity index (χ0) is 8.65. The summed E-state index contributed by atoms with van der Waals surface area (Å²) in [6.45, 7) is 0.791. The summed E-state index contributed by atoms with van der Waals surface area (Å²) in [6, 6.07) is 0. The standard InChI is InChI=1S/C11H19N/c12-10-9-11-7-5-3-1-2-4-6-8-11/h3,5,7H,1-2,4,6,8-10,12H2. The smallest absolute Gasteiger partial charge is 0.00398 e. The lowest BCUT2D eigenvalue weighted by molar-refractivity contribution is 0.675. The fraction of sp³-hybridized carbons (Fsp3) is 0.636. The molecular formula is C11H19N. The molecule has 0 saturated heterocycles. The third kappa shape index (κ3) is 3.72. The fourth-order valence-corrected chi connectivity index (χ4v) is 1.57. The Kier molecular flexibility index (Phi) is 4.77. The van der Waals surface area contributed by atoms with Crippen LogP contribution < -0.4 is 5.73 Å². The van der Waals surface area contributed by atoms with Crippen LogP contribution in [-0.4, -0.2) is 6.54 Å². The van der Waals surface area contributed by atoms with Gasteiger partial charge in [-0.25, -0.2) is 0 Å². The van der Waals surface area contributed by atoms with Crippen LogP contribution in [0.5, 0.6) is 0 Å². The number of hydrogen-bond acceptors (Lipinski definition) is 1. The van der Waals surface area contributed by atoms with Crippen molar-refractivity contribution >= 4 is 0 Å². The first kappa shape index (κ1) is 9.53. The van der Waals surface area contributed by atoms with E-state index in [0.29, 0.717) is 0 Å². The first-order valence-corrected chi connectivity index (χ1v) is 4.98. The fourth-order valence-electron chi connectivity index (χ4n) is 1.57. The van der Waals surface area contributed by atoms with Gasteiger partial charge in [0.05, 0.1) is 0 Å². The molecule has 0 heterocycles. The molecule has 1 heteroatoms. The average molecular weight is 165 g/mol. The highest BCUT2D eigenvalue weighted by Gasteiger charge is 1.97. The van der Waals surface area contributed by atoms with Gasteiger partial charge in [-0.15, -0.1) is 0 Å². The molecule has 68 valence electrons. The molecule has 0 saturated carbocycles. The van der Waals surface area contributed by atoms with Gasteiger partial charge in [0.15, 0.2) is 0 Å². The van der Waals surface area contributed by atoms with Gasteiger partial charge in [-0.3, -0.25) is 0 Å². The molecule has 0 atom stereocenters. The molecule has 1 aliphatic carbocycles. The minimum atomic E-state index is 0.791. The normalized spacial score (nSPS) is 19.2. The maximum Gasteiger partial charge on any atom is -0.00398 e. The van der Waals surface area contributed by atoms with E-state index in [1.165, 1.54) is 37.7 Å². The lowest BCUT2D eigenvalue weighted by Crippen LogP contribution is -2.00. The summed E-state index contributed by atoms with van der Waals surface area (Å²) in [5.74, 6) is 0. The Morgan fingerprint density at radius 3 is 3.00 bits per heavy atom. The van der Waals surface area contributed by atoms with E-state index in [4.69, 9.17) is 5.73 Å². The van der Waals surface area contributed by atoms with Crippen LogP contribution in [0.15, 0.2) is 23.8 Å². The molecule has 0 spiro atoms. The molecule has 0 bridgehead atoms. The van der Waals surface area contributed by atoms with E-state index < -0.39 is 0 Å². The molecule has 12 heavy (non-hydrogen) atoms. The van der Waals surface area contributed by atoms with Crippen molar-refractivity contribution in [2.24, 2.45) is 5.73 Å². The van der Waals surface area contributed by atoms with Crippen molar-refractivity contribution in [3.8, 4) is 0 Å². The van der Waals surface area contributed by atoms with Gasteiger partial charge in [0.2, 0.25) is 0 Å². The van der Waals surface area contributed by atoms with Gasteiger partial charge in [0.25, 0.3) is 0 Å². The number of nitrogens with two attached hydrogens (primary N) is 1. The number of rotatable bonds is 2. The number of hydrogen-bond donors (Lipinski definition) is 1. The van der Waals surface area contributed by atoms with Crippen LogP contribution in [0.3, 0.4) is 0 Å². The van der Waals surface area contributed by atoms with Crippen LogP contribution in [0.2, 0.25) is 0 Å². The monoisotopic (exact) mass is 165 g/mol. The third-order valence-corrected chi connectivity index (χ3v) is 2.30. The van der Waals surface area contributed by atoms with E-state index in [9.17, 15) is 0 Å². The van der Waals surface area contributed by atoms with E-state index in [-0.39, 0.29) is 0 Å².